The maximum atomic E-state index is 5.32. The number of hydrogen-bond acceptors (Lipinski definition) is 2. The van der Waals surface area contributed by atoms with Gasteiger partial charge in [-0.05, 0) is 19.4 Å². The Morgan fingerprint density at radius 2 is 2.20 bits per heavy atom. The highest BCUT2D eigenvalue weighted by atomic mass is 15.1. The number of nitrogens with two attached hydrogens (primary N) is 1. The van der Waals surface area contributed by atoms with Gasteiger partial charge in [0.15, 0.2) is 6.67 Å². The minimum absolute atomic E-state index is 0.794. The zero-order chi connectivity index (χ0) is 7.82. The average Bonchev–Trinajstić information content (AvgIpc) is 1.87. The van der Waals surface area contributed by atoms with E-state index in [0.717, 1.165) is 32.6 Å². The summed E-state index contributed by atoms with van der Waals surface area (Å²) in [5.74, 6) is 0. The van der Waals surface area contributed by atoms with Gasteiger partial charge in [0.05, 0.1) is 0 Å². The largest absolute Gasteiger partial charge is 0.330 e. The van der Waals surface area contributed by atoms with Crippen molar-refractivity contribution in [1.29, 1.82) is 0 Å². The van der Waals surface area contributed by atoms with Crippen molar-refractivity contribution in [2.75, 3.05) is 26.8 Å². The molecule has 0 fully saturated rings. The van der Waals surface area contributed by atoms with Gasteiger partial charge in [0.1, 0.15) is 13.8 Å². The molecule has 0 aromatic heterocycles. The Morgan fingerprint density at radius 3 is 2.70 bits per heavy atom. The summed E-state index contributed by atoms with van der Waals surface area (Å²) in [7, 11) is 1.94. The molecule has 0 saturated carbocycles. The van der Waals surface area contributed by atoms with Gasteiger partial charge in [0, 0.05) is 6.54 Å². The molecule has 0 spiro atoms. The van der Waals surface area contributed by atoms with Crippen molar-refractivity contribution in [3.05, 3.63) is 0 Å². The van der Waals surface area contributed by atoms with Crippen molar-refractivity contribution in [1.82, 2.24) is 5.32 Å². The highest BCUT2D eigenvalue weighted by molar-refractivity contribution is 5.13. The van der Waals surface area contributed by atoms with Gasteiger partial charge < -0.3 is 5.73 Å². The second-order valence-corrected chi connectivity index (χ2v) is 2.51. The summed E-state index contributed by atoms with van der Waals surface area (Å²) in [5.41, 5.74) is 5.32. The molecular formula is C7H18N3+. The van der Waals surface area contributed by atoms with Gasteiger partial charge in [-0.2, -0.15) is 0 Å². The van der Waals surface area contributed by atoms with E-state index in [1.54, 1.807) is 0 Å². The quantitative estimate of drug-likeness (QED) is 0.231. The van der Waals surface area contributed by atoms with Gasteiger partial charge in [-0.3, -0.25) is 5.32 Å². The first kappa shape index (κ1) is 9.59. The number of hydrogen-bond donors (Lipinski definition) is 2. The lowest BCUT2D eigenvalue weighted by molar-refractivity contribution is -0.493. The van der Waals surface area contributed by atoms with Crippen molar-refractivity contribution >= 4 is 6.72 Å². The summed E-state index contributed by atoms with van der Waals surface area (Å²) in [6.07, 6.45) is 2.26. The third kappa shape index (κ3) is 7.59. The Hall–Kier alpha value is -0.410. The molecule has 0 aliphatic heterocycles. The third-order valence-corrected chi connectivity index (χ3v) is 1.19. The van der Waals surface area contributed by atoms with Gasteiger partial charge in [0.25, 0.3) is 0 Å². The molecule has 0 aliphatic rings. The highest BCUT2D eigenvalue weighted by Gasteiger charge is 1.89. The Bertz CT molecular complexity index is 90.9. The molecule has 0 rings (SSSR count). The van der Waals surface area contributed by atoms with Crippen LogP contribution in [0.4, 0.5) is 0 Å². The first-order valence-corrected chi connectivity index (χ1v) is 3.70. The van der Waals surface area contributed by atoms with Gasteiger partial charge in [-0.25, -0.2) is 4.58 Å². The Labute approximate surface area is 62.9 Å². The summed E-state index contributed by atoms with van der Waals surface area (Å²) in [5, 5.41) is 3.23. The van der Waals surface area contributed by atoms with Crippen molar-refractivity contribution in [2.24, 2.45) is 5.73 Å². The van der Waals surface area contributed by atoms with E-state index in [0.29, 0.717) is 0 Å². The number of unbranched alkanes of at least 4 members (excludes halogenated alkanes) is 1. The fraction of sp³-hybridized carbons (Fsp3) is 0.857. The fourth-order valence-electron chi connectivity index (χ4n) is 0.664. The SMILES string of the molecule is C=[N+](C)CNCCCCN. The highest BCUT2D eigenvalue weighted by Crippen LogP contribution is 1.80. The van der Waals surface area contributed by atoms with Crippen LogP contribution in [0.25, 0.3) is 0 Å². The molecule has 10 heavy (non-hydrogen) atoms. The first-order chi connectivity index (χ1) is 4.77. The van der Waals surface area contributed by atoms with Crippen LogP contribution in [0.3, 0.4) is 0 Å². The standard InChI is InChI=1S/C7H18N3/c1-10(2)7-9-6-4-3-5-8/h9H,1,3-8H2,2H3/q+1. The van der Waals surface area contributed by atoms with E-state index >= 15 is 0 Å². The van der Waals surface area contributed by atoms with Crippen molar-refractivity contribution < 1.29 is 4.58 Å². The van der Waals surface area contributed by atoms with Crippen LogP contribution in [0.1, 0.15) is 12.8 Å². The monoisotopic (exact) mass is 144 g/mol. The second-order valence-electron chi connectivity index (χ2n) is 2.51. The molecule has 0 aliphatic carbocycles. The van der Waals surface area contributed by atoms with E-state index in [9.17, 15) is 0 Å². The van der Waals surface area contributed by atoms with Crippen LogP contribution in [0, 0.1) is 0 Å². The van der Waals surface area contributed by atoms with E-state index in [1.165, 1.54) is 0 Å². The van der Waals surface area contributed by atoms with Crippen LogP contribution in [0.2, 0.25) is 0 Å². The van der Waals surface area contributed by atoms with Crippen LogP contribution in [-0.2, 0) is 0 Å². The third-order valence-electron chi connectivity index (χ3n) is 1.19. The van der Waals surface area contributed by atoms with Gasteiger partial charge in [0.2, 0.25) is 0 Å². The number of rotatable bonds is 6. The molecule has 0 radical (unpaired) electrons. The molecule has 3 heteroatoms. The van der Waals surface area contributed by atoms with E-state index < -0.39 is 0 Å². The first-order valence-electron chi connectivity index (χ1n) is 3.70. The molecule has 0 saturated heterocycles. The lowest BCUT2D eigenvalue weighted by Gasteiger charge is -1.99. The van der Waals surface area contributed by atoms with E-state index in [2.05, 4.69) is 12.0 Å². The van der Waals surface area contributed by atoms with Crippen LogP contribution >= 0.6 is 0 Å². The van der Waals surface area contributed by atoms with E-state index in [-0.39, 0.29) is 0 Å². The Kier molecular flexibility index (Phi) is 6.43. The molecule has 60 valence electrons. The molecule has 0 aromatic carbocycles. The molecule has 0 atom stereocenters. The second kappa shape index (κ2) is 6.71. The normalized spacial score (nSPS) is 9.80. The Balaban J connectivity index is 2.84. The van der Waals surface area contributed by atoms with Crippen molar-refractivity contribution in [2.45, 2.75) is 12.8 Å². The molecule has 0 unspecified atom stereocenters. The van der Waals surface area contributed by atoms with Crippen LogP contribution in [0.5, 0.6) is 0 Å². The van der Waals surface area contributed by atoms with Gasteiger partial charge in [-0.15, -0.1) is 0 Å². The summed E-state index contributed by atoms with van der Waals surface area (Å²) in [6.45, 7) is 6.39. The zero-order valence-electron chi connectivity index (χ0n) is 6.77. The molecule has 0 amide bonds. The number of nitrogens with one attached hydrogen (secondary N) is 1. The fourth-order valence-corrected chi connectivity index (χ4v) is 0.664. The topological polar surface area (TPSA) is 41.1 Å². The molecular weight excluding hydrogens is 126 g/mol. The van der Waals surface area contributed by atoms with Gasteiger partial charge in [-0.1, -0.05) is 0 Å². The molecule has 0 bridgehead atoms. The minimum atomic E-state index is 0.794. The lowest BCUT2D eigenvalue weighted by atomic mass is 10.3. The summed E-state index contributed by atoms with van der Waals surface area (Å²) >= 11 is 0. The summed E-state index contributed by atoms with van der Waals surface area (Å²) in [4.78, 5) is 0. The minimum Gasteiger partial charge on any atom is -0.330 e. The van der Waals surface area contributed by atoms with Gasteiger partial charge >= 0.3 is 0 Å². The summed E-state index contributed by atoms with van der Waals surface area (Å²) < 4.78 is 1.86. The van der Waals surface area contributed by atoms with E-state index in [4.69, 9.17) is 5.73 Å². The molecule has 3 N–H and O–H groups in total. The van der Waals surface area contributed by atoms with Crippen LogP contribution < -0.4 is 11.1 Å². The molecule has 0 heterocycles. The molecule has 3 nitrogen and oxygen atoms in total. The van der Waals surface area contributed by atoms with Crippen LogP contribution in [0.15, 0.2) is 0 Å². The smallest absolute Gasteiger partial charge is 0.195 e. The Morgan fingerprint density at radius 1 is 1.50 bits per heavy atom. The maximum Gasteiger partial charge on any atom is 0.195 e. The zero-order valence-corrected chi connectivity index (χ0v) is 6.77. The van der Waals surface area contributed by atoms with Crippen LogP contribution in [-0.4, -0.2) is 38.1 Å². The predicted molar refractivity (Wildman–Crippen MR) is 44.5 cm³/mol. The predicted octanol–water partition coefficient (Wildman–Crippen LogP) is -0.385. The lowest BCUT2D eigenvalue weighted by Crippen LogP contribution is -2.24. The van der Waals surface area contributed by atoms with Crippen molar-refractivity contribution in [3.8, 4) is 0 Å². The average molecular weight is 144 g/mol. The summed E-state index contributed by atoms with van der Waals surface area (Å²) in [6, 6.07) is 0. The maximum absolute atomic E-state index is 5.32. The van der Waals surface area contributed by atoms with E-state index in [1.807, 2.05) is 11.6 Å². The van der Waals surface area contributed by atoms with Crippen molar-refractivity contribution in [3.63, 3.8) is 0 Å². The molecule has 0 aromatic rings. The number of nitrogens with zero attached hydrogens (tertiary/aromatic N) is 1.